The number of hydrogen-bond donors (Lipinski definition) is 2. The Kier molecular flexibility index (Phi) is 9.20. The summed E-state index contributed by atoms with van der Waals surface area (Å²) in [6.45, 7) is 5.60. The fourth-order valence-electron chi connectivity index (χ4n) is 5.31. The van der Waals surface area contributed by atoms with Crippen LogP contribution in [0.5, 0.6) is 0 Å². The number of hydrogen-bond acceptors (Lipinski definition) is 5. The van der Waals surface area contributed by atoms with Crippen LogP contribution >= 0.6 is 0 Å². The second kappa shape index (κ2) is 12.7. The minimum atomic E-state index is -0.768. The third-order valence-electron chi connectivity index (χ3n) is 7.60. The highest BCUT2D eigenvalue weighted by molar-refractivity contribution is 5.78. The number of unbranched alkanes of at least 4 members (excludes halogenated alkanes) is 4. The van der Waals surface area contributed by atoms with Gasteiger partial charge in [-0.15, -0.1) is 0 Å². The molecule has 1 aliphatic heterocycles. The number of fused-ring (bicyclic) bond motifs is 1. The van der Waals surface area contributed by atoms with E-state index in [0.717, 1.165) is 79.9 Å². The molecule has 0 spiro atoms. The van der Waals surface area contributed by atoms with Crippen molar-refractivity contribution in [3.05, 3.63) is 70.7 Å². The van der Waals surface area contributed by atoms with Gasteiger partial charge >= 0.3 is 5.97 Å². The normalized spacial score (nSPS) is 13.6. The zero-order valence-corrected chi connectivity index (χ0v) is 22.5. The molecule has 7 nitrogen and oxygen atoms in total. The van der Waals surface area contributed by atoms with Gasteiger partial charge in [-0.2, -0.15) is 5.10 Å². The second-order valence-electron chi connectivity index (χ2n) is 10.2. The van der Waals surface area contributed by atoms with E-state index < -0.39 is 12.0 Å². The molecule has 1 aliphatic rings. The molecule has 3 heterocycles. The Morgan fingerprint density at radius 2 is 1.84 bits per heavy atom. The number of carboxylic acids is 1. The summed E-state index contributed by atoms with van der Waals surface area (Å²) in [4.78, 5) is 19.3. The highest BCUT2D eigenvalue weighted by Crippen LogP contribution is 2.26. The highest BCUT2D eigenvalue weighted by Gasteiger charge is 2.27. The maximum atomic E-state index is 12.4. The number of carbonyl (C=O) groups is 1. The lowest BCUT2D eigenvalue weighted by atomic mass is 10.0. The van der Waals surface area contributed by atoms with Gasteiger partial charge in [-0.05, 0) is 69.7 Å². The molecule has 0 aliphatic carbocycles. The molecule has 0 radical (unpaired) electrons. The summed E-state index contributed by atoms with van der Waals surface area (Å²) >= 11 is 0. The summed E-state index contributed by atoms with van der Waals surface area (Å²) in [7, 11) is 1.94. The van der Waals surface area contributed by atoms with Crippen molar-refractivity contribution in [1.29, 1.82) is 0 Å². The van der Waals surface area contributed by atoms with Gasteiger partial charge in [0.25, 0.3) is 0 Å². The van der Waals surface area contributed by atoms with E-state index in [1.54, 1.807) is 0 Å². The van der Waals surface area contributed by atoms with Gasteiger partial charge in [-0.25, -0.2) is 9.78 Å². The van der Waals surface area contributed by atoms with Crippen LogP contribution in [0.25, 0.3) is 0 Å². The zero-order valence-electron chi connectivity index (χ0n) is 22.5. The number of para-hydroxylation sites is 1. The number of rotatable bonds is 13. The lowest BCUT2D eigenvalue weighted by molar-refractivity contribution is -0.138. The van der Waals surface area contributed by atoms with Crippen LogP contribution < -0.4 is 10.2 Å². The first-order valence-electron chi connectivity index (χ1n) is 13.7. The van der Waals surface area contributed by atoms with E-state index >= 15 is 0 Å². The van der Waals surface area contributed by atoms with E-state index in [1.165, 1.54) is 17.7 Å². The Morgan fingerprint density at radius 3 is 2.57 bits per heavy atom. The SMILES string of the molecule is Cc1nn(C)c(C)c1CN(c1ccccc1)C(CCCCCCCc1ccc2c(n1)NCCC2)C(=O)O. The minimum absolute atomic E-state index is 0.537. The smallest absolute Gasteiger partial charge is 0.326 e. The molecule has 0 saturated heterocycles. The Balaban J connectivity index is 1.29. The largest absolute Gasteiger partial charge is 0.480 e. The standard InChI is InChI=1S/C30H41N5O2/c1-22-27(23(2)34(3)33-22)21-35(26-15-9-7-10-16-26)28(30(36)37)17-11-6-4-5-8-14-25-19-18-24-13-12-20-31-29(24)32-25/h7,9-10,15-16,18-19,28H,4-6,8,11-14,17,20-21H2,1-3H3,(H,31,32)(H,36,37). The lowest BCUT2D eigenvalue weighted by Crippen LogP contribution is -2.41. The molecule has 0 bridgehead atoms. The molecule has 3 aromatic rings. The molecule has 1 aromatic carbocycles. The number of anilines is 2. The molecular weight excluding hydrogens is 462 g/mol. The van der Waals surface area contributed by atoms with E-state index in [9.17, 15) is 9.90 Å². The van der Waals surface area contributed by atoms with Crippen molar-refractivity contribution in [3.63, 3.8) is 0 Å². The van der Waals surface area contributed by atoms with Crippen LogP contribution in [0.1, 0.15) is 73.2 Å². The topological polar surface area (TPSA) is 83.3 Å². The molecular formula is C30H41N5O2. The van der Waals surface area contributed by atoms with Crippen LogP contribution in [0.3, 0.4) is 0 Å². The van der Waals surface area contributed by atoms with Gasteiger partial charge in [0.15, 0.2) is 0 Å². The quantitative estimate of drug-likeness (QED) is 0.286. The monoisotopic (exact) mass is 503 g/mol. The van der Waals surface area contributed by atoms with Crippen LogP contribution in [0.2, 0.25) is 0 Å². The molecule has 4 rings (SSSR count). The molecule has 7 heteroatoms. The van der Waals surface area contributed by atoms with Gasteiger partial charge in [-0.1, -0.05) is 49.9 Å². The molecule has 37 heavy (non-hydrogen) atoms. The maximum absolute atomic E-state index is 12.4. The molecule has 0 amide bonds. The third-order valence-corrected chi connectivity index (χ3v) is 7.60. The van der Waals surface area contributed by atoms with E-state index in [2.05, 4.69) is 22.5 Å². The van der Waals surface area contributed by atoms with Crippen LogP contribution in [-0.4, -0.2) is 38.4 Å². The number of pyridine rings is 1. The van der Waals surface area contributed by atoms with Gasteiger partial charge in [0.1, 0.15) is 11.9 Å². The number of aryl methyl sites for hydroxylation is 4. The van der Waals surface area contributed by atoms with E-state index in [0.29, 0.717) is 13.0 Å². The van der Waals surface area contributed by atoms with Crippen molar-refractivity contribution in [1.82, 2.24) is 14.8 Å². The number of nitrogens with zero attached hydrogens (tertiary/aromatic N) is 4. The molecule has 2 N–H and O–H groups in total. The number of nitrogens with one attached hydrogen (secondary N) is 1. The van der Waals surface area contributed by atoms with Crippen molar-refractivity contribution in [2.24, 2.45) is 7.05 Å². The third kappa shape index (κ3) is 6.90. The Hall–Kier alpha value is -3.35. The summed E-state index contributed by atoms with van der Waals surface area (Å²) in [5, 5.41) is 18.2. The van der Waals surface area contributed by atoms with Crippen LogP contribution in [0.4, 0.5) is 11.5 Å². The fraction of sp³-hybridized carbons (Fsp3) is 0.500. The molecule has 1 unspecified atom stereocenters. The van der Waals surface area contributed by atoms with Gasteiger partial charge in [0.05, 0.1) is 5.69 Å². The average molecular weight is 504 g/mol. The van der Waals surface area contributed by atoms with Crippen LogP contribution in [0.15, 0.2) is 42.5 Å². The maximum Gasteiger partial charge on any atom is 0.326 e. The average Bonchev–Trinajstić information content (AvgIpc) is 3.15. The predicted molar refractivity (Wildman–Crippen MR) is 149 cm³/mol. The number of carboxylic acid groups (broad SMARTS) is 1. The van der Waals surface area contributed by atoms with E-state index in [4.69, 9.17) is 4.98 Å². The zero-order chi connectivity index (χ0) is 26.2. The van der Waals surface area contributed by atoms with Crippen LogP contribution in [0, 0.1) is 13.8 Å². The number of benzene rings is 1. The van der Waals surface area contributed by atoms with E-state index in [1.807, 2.05) is 60.8 Å². The Morgan fingerprint density at radius 1 is 1.08 bits per heavy atom. The molecule has 0 fully saturated rings. The number of aromatic nitrogens is 3. The summed E-state index contributed by atoms with van der Waals surface area (Å²) in [5.74, 6) is 0.304. The summed E-state index contributed by atoms with van der Waals surface area (Å²) in [5.41, 5.74) is 6.56. The van der Waals surface area contributed by atoms with Gasteiger partial charge < -0.3 is 15.3 Å². The van der Waals surface area contributed by atoms with Crippen molar-refractivity contribution in [3.8, 4) is 0 Å². The van der Waals surface area contributed by atoms with Crippen LogP contribution in [-0.2, 0) is 31.2 Å². The Bertz CT molecular complexity index is 1170. The van der Waals surface area contributed by atoms with Crippen molar-refractivity contribution in [2.45, 2.75) is 84.2 Å². The van der Waals surface area contributed by atoms with Crippen molar-refractivity contribution >= 4 is 17.5 Å². The molecule has 0 saturated carbocycles. The Labute approximate surface area is 220 Å². The van der Waals surface area contributed by atoms with Gasteiger partial charge in [-0.3, -0.25) is 4.68 Å². The second-order valence-corrected chi connectivity index (χ2v) is 10.2. The van der Waals surface area contributed by atoms with Gasteiger partial charge in [0.2, 0.25) is 0 Å². The first kappa shape index (κ1) is 26.7. The summed E-state index contributed by atoms with van der Waals surface area (Å²) < 4.78 is 1.87. The van der Waals surface area contributed by atoms with Crippen molar-refractivity contribution < 1.29 is 9.90 Å². The van der Waals surface area contributed by atoms with Crippen molar-refractivity contribution in [2.75, 3.05) is 16.8 Å². The van der Waals surface area contributed by atoms with E-state index in [-0.39, 0.29) is 0 Å². The fourth-order valence-corrected chi connectivity index (χ4v) is 5.31. The summed E-state index contributed by atoms with van der Waals surface area (Å²) in [6.07, 6.45) is 9.23. The highest BCUT2D eigenvalue weighted by atomic mass is 16.4. The molecule has 1 atom stereocenters. The van der Waals surface area contributed by atoms with Gasteiger partial charge in [0, 0.05) is 42.8 Å². The first-order chi connectivity index (χ1) is 17.9. The number of aliphatic carboxylic acids is 1. The first-order valence-corrected chi connectivity index (χ1v) is 13.7. The molecule has 198 valence electrons. The summed E-state index contributed by atoms with van der Waals surface area (Å²) in [6, 6.07) is 13.7. The lowest BCUT2D eigenvalue weighted by Gasteiger charge is -2.31. The molecule has 2 aromatic heterocycles. The minimum Gasteiger partial charge on any atom is -0.480 e. The predicted octanol–water partition coefficient (Wildman–Crippen LogP) is 5.83.